The summed E-state index contributed by atoms with van der Waals surface area (Å²) in [6.45, 7) is 4.40. The molecule has 4 heteroatoms. The normalized spacial score (nSPS) is 33.9. The average Bonchev–Trinajstić information content (AvgIpc) is 3.04. The molecule has 3 atom stereocenters. The van der Waals surface area contributed by atoms with Gasteiger partial charge in [0, 0.05) is 18.1 Å². The topological polar surface area (TPSA) is 52.6 Å². The second-order valence-corrected chi connectivity index (χ2v) is 6.13. The fourth-order valence-corrected chi connectivity index (χ4v) is 3.02. The van der Waals surface area contributed by atoms with Crippen LogP contribution >= 0.6 is 0 Å². The number of carbonyl (C=O) groups is 1. The van der Waals surface area contributed by atoms with E-state index in [9.17, 15) is 9.90 Å². The molecule has 0 spiro atoms. The third-order valence-electron chi connectivity index (χ3n) is 4.82. The van der Waals surface area contributed by atoms with Gasteiger partial charge in [-0.1, -0.05) is 6.92 Å². The van der Waals surface area contributed by atoms with Gasteiger partial charge in [-0.25, -0.2) is 0 Å². The molecule has 3 unspecified atom stereocenters. The van der Waals surface area contributed by atoms with Crippen molar-refractivity contribution in [2.45, 2.75) is 76.0 Å². The summed E-state index contributed by atoms with van der Waals surface area (Å²) in [5, 5.41) is 12.9. The van der Waals surface area contributed by atoms with E-state index >= 15 is 0 Å². The van der Waals surface area contributed by atoms with Gasteiger partial charge in [-0.05, 0) is 52.5 Å². The maximum absolute atomic E-state index is 11.6. The summed E-state index contributed by atoms with van der Waals surface area (Å²) >= 11 is 0. The highest BCUT2D eigenvalue weighted by atomic mass is 16.4. The summed E-state index contributed by atoms with van der Waals surface area (Å²) in [5.74, 6) is -0.658. The van der Waals surface area contributed by atoms with Gasteiger partial charge in [0.2, 0.25) is 0 Å². The van der Waals surface area contributed by atoms with Crippen LogP contribution in [-0.2, 0) is 4.79 Å². The van der Waals surface area contributed by atoms with Crippen LogP contribution in [0, 0.1) is 0 Å². The van der Waals surface area contributed by atoms with Crippen molar-refractivity contribution in [3.8, 4) is 0 Å². The first-order valence-electron chi connectivity index (χ1n) is 7.21. The fourth-order valence-electron chi connectivity index (χ4n) is 3.02. The minimum Gasteiger partial charge on any atom is -0.480 e. The van der Waals surface area contributed by atoms with Crippen molar-refractivity contribution in [3.63, 3.8) is 0 Å². The molecule has 0 saturated heterocycles. The molecule has 2 saturated carbocycles. The van der Waals surface area contributed by atoms with Crippen molar-refractivity contribution in [2.24, 2.45) is 0 Å². The summed E-state index contributed by atoms with van der Waals surface area (Å²) in [6, 6.07) is 1.39. The summed E-state index contributed by atoms with van der Waals surface area (Å²) in [4.78, 5) is 14.0. The van der Waals surface area contributed by atoms with Gasteiger partial charge in [0.1, 0.15) is 5.54 Å². The third kappa shape index (κ3) is 2.69. The molecule has 0 radical (unpaired) electrons. The Morgan fingerprint density at radius 3 is 2.67 bits per heavy atom. The summed E-state index contributed by atoms with van der Waals surface area (Å²) in [7, 11) is 2.13. The summed E-state index contributed by atoms with van der Waals surface area (Å²) in [6.07, 6.45) is 5.90. The molecule has 2 aliphatic carbocycles. The molecule has 0 heterocycles. The molecule has 4 nitrogen and oxygen atoms in total. The van der Waals surface area contributed by atoms with Crippen molar-refractivity contribution in [1.82, 2.24) is 10.2 Å². The SMILES string of the molecule is CCC(C)N(C)C1CCC(NC2CC2)(C(=O)O)C1. The van der Waals surface area contributed by atoms with Crippen molar-refractivity contribution in [1.29, 1.82) is 0 Å². The molecule has 2 N–H and O–H groups in total. The lowest BCUT2D eigenvalue weighted by atomic mass is 9.97. The second kappa shape index (κ2) is 5.17. The van der Waals surface area contributed by atoms with Crippen LogP contribution in [0.15, 0.2) is 0 Å². The van der Waals surface area contributed by atoms with Crippen LogP contribution in [0.5, 0.6) is 0 Å². The number of carboxylic acid groups (broad SMARTS) is 1. The fraction of sp³-hybridized carbons (Fsp3) is 0.929. The number of nitrogens with zero attached hydrogens (tertiary/aromatic N) is 1. The van der Waals surface area contributed by atoms with Crippen LogP contribution < -0.4 is 5.32 Å². The van der Waals surface area contributed by atoms with E-state index in [-0.39, 0.29) is 0 Å². The lowest BCUT2D eigenvalue weighted by molar-refractivity contribution is -0.145. The number of rotatable bonds is 6. The predicted octanol–water partition coefficient (Wildman–Crippen LogP) is 1.84. The van der Waals surface area contributed by atoms with E-state index < -0.39 is 11.5 Å². The van der Waals surface area contributed by atoms with Gasteiger partial charge in [0.25, 0.3) is 0 Å². The Morgan fingerprint density at radius 1 is 1.50 bits per heavy atom. The quantitative estimate of drug-likeness (QED) is 0.759. The lowest BCUT2D eigenvalue weighted by Crippen LogP contribution is -2.52. The molecule has 104 valence electrons. The molecule has 0 amide bonds. The number of aliphatic carboxylic acids is 1. The number of hydrogen-bond acceptors (Lipinski definition) is 3. The Balaban J connectivity index is 2.00. The number of carboxylic acids is 1. The first-order valence-corrected chi connectivity index (χ1v) is 7.21. The van der Waals surface area contributed by atoms with Gasteiger partial charge in [0.15, 0.2) is 0 Å². The van der Waals surface area contributed by atoms with Crippen LogP contribution in [0.1, 0.15) is 52.4 Å². The molecule has 0 aromatic carbocycles. The molecule has 2 fully saturated rings. The number of nitrogens with one attached hydrogen (secondary N) is 1. The summed E-state index contributed by atoms with van der Waals surface area (Å²) < 4.78 is 0. The van der Waals surface area contributed by atoms with Crippen molar-refractivity contribution in [3.05, 3.63) is 0 Å². The summed E-state index contributed by atoms with van der Waals surface area (Å²) in [5.41, 5.74) is -0.659. The second-order valence-electron chi connectivity index (χ2n) is 6.13. The Morgan fingerprint density at radius 2 is 2.17 bits per heavy atom. The van der Waals surface area contributed by atoms with Crippen molar-refractivity contribution < 1.29 is 9.90 Å². The molecule has 18 heavy (non-hydrogen) atoms. The molecular formula is C14H26N2O2. The van der Waals surface area contributed by atoms with E-state index in [1.54, 1.807) is 0 Å². The minimum absolute atomic E-state index is 0.405. The van der Waals surface area contributed by atoms with Crippen molar-refractivity contribution >= 4 is 5.97 Å². The van der Waals surface area contributed by atoms with Gasteiger partial charge in [0.05, 0.1) is 0 Å². The van der Waals surface area contributed by atoms with E-state index in [4.69, 9.17) is 0 Å². The Kier molecular flexibility index (Phi) is 3.97. The van der Waals surface area contributed by atoms with E-state index in [1.165, 1.54) is 0 Å². The number of hydrogen-bond donors (Lipinski definition) is 2. The minimum atomic E-state index is -0.659. The highest BCUT2D eigenvalue weighted by Gasteiger charge is 2.49. The van der Waals surface area contributed by atoms with Crippen LogP contribution in [0.2, 0.25) is 0 Å². The van der Waals surface area contributed by atoms with Crippen molar-refractivity contribution in [2.75, 3.05) is 7.05 Å². The van der Waals surface area contributed by atoms with E-state index in [0.29, 0.717) is 18.1 Å². The van der Waals surface area contributed by atoms with Gasteiger partial charge in [-0.3, -0.25) is 10.1 Å². The Hall–Kier alpha value is -0.610. The standard InChI is InChI=1S/C14H26N2O2/c1-4-10(2)16(3)12-7-8-14(9-12,13(17)18)15-11-5-6-11/h10-12,15H,4-9H2,1-3H3,(H,17,18). The Labute approximate surface area is 110 Å². The van der Waals surface area contributed by atoms with Gasteiger partial charge < -0.3 is 10.0 Å². The van der Waals surface area contributed by atoms with Gasteiger partial charge in [-0.15, -0.1) is 0 Å². The van der Waals surface area contributed by atoms with Crippen LogP contribution in [0.4, 0.5) is 0 Å². The monoisotopic (exact) mass is 254 g/mol. The smallest absolute Gasteiger partial charge is 0.323 e. The molecule has 0 aliphatic heterocycles. The predicted molar refractivity (Wildman–Crippen MR) is 71.7 cm³/mol. The van der Waals surface area contributed by atoms with E-state index in [1.807, 2.05) is 0 Å². The Bertz CT molecular complexity index is 317. The lowest BCUT2D eigenvalue weighted by Gasteiger charge is -2.32. The molecule has 0 aromatic heterocycles. The van der Waals surface area contributed by atoms with Crippen LogP contribution in [0.3, 0.4) is 0 Å². The third-order valence-corrected chi connectivity index (χ3v) is 4.82. The highest BCUT2D eigenvalue weighted by molar-refractivity contribution is 5.79. The molecule has 2 aliphatic rings. The molecule has 0 aromatic rings. The first-order chi connectivity index (χ1) is 8.48. The van der Waals surface area contributed by atoms with E-state index in [0.717, 1.165) is 38.5 Å². The zero-order valence-corrected chi connectivity index (χ0v) is 11.8. The zero-order valence-electron chi connectivity index (χ0n) is 11.8. The van der Waals surface area contributed by atoms with Crippen LogP contribution in [-0.4, -0.2) is 46.7 Å². The maximum atomic E-state index is 11.6. The molecule has 0 bridgehead atoms. The van der Waals surface area contributed by atoms with Gasteiger partial charge >= 0.3 is 5.97 Å². The first kappa shape index (κ1) is 13.8. The molecule has 2 rings (SSSR count). The zero-order chi connectivity index (χ0) is 13.3. The van der Waals surface area contributed by atoms with E-state index in [2.05, 4.69) is 31.1 Å². The maximum Gasteiger partial charge on any atom is 0.323 e. The highest BCUT2D eigenvalue weighted by Crippen LogP contribution is 2.36. The average molecular weight is 254 g/mol. The molecular weight excluding hydrogens is 228 g/mol. The largest absolute Gasteiger partial charge is 0.480 e. The van der Waals surface area contributed by atoms with Gasteiger partial charge in [-0.2, -0.15) is 0 Å². The van der Waals surface area contributed by atoms with Crippen LogP contribution in [0.25, 0.3) is 0 Å².